The molecule has 16 heavy (non-hydrogen) atoms. The number of nitrogens with zero attached hydrogens (tertiary/aromatic N) is 3. The summed E-state index contributed by atoms with van der Waals surface area (Å²) in [7, 11) is 0. The van der Waals surface area contributed by atoms with Crippen LogP contribution in [0.5, 0.6) is 0 Å². The summed E-state index contributed by atoms with van der Waals surface area (Å²) in [5.74, 6) is -1.17. The van der Waals surface area contributed by atoms with Gasteiger partial charge in [-0.25, -0.2) is 8.78 Å². The molecule has 0 amide bonds. The van der Waals surface area contributed by atoms with Crippen LogP contribution in [0.3, 0.4) is 0 Å². The van der Waals surface area contributed by atoms with Gasteiger partial charge < -0.3 is 10.1 Å². The average molecular weight is 227 g/mol. The van der Waals surface area contributed by atoms with Gasteiger partial charge in [-0.15, -0.1) is 0 Å². The minimum Gasteiger partial charge on any atom is -0.358 e. The van der Waals surface area contributed by atoms with Crippen molar-refractivity contribution in [1.82, 2.24) is 4.98 Å². The van der Waals surface area contributed by atoms with Crippen LogP contribution in [-0.2, 0) is 0 Å². The summed E-state index contributed by atoms with van der Waals surface area (Å²) in [6.07, 6.45) is -3.18. The Hall–Kier alpha value is -2.43. The van der Waals surface area contributed by atoms with Gasteiger partial charge in [0.2, 0.25) is 0 Å². The molecule has 0 atom stereocenters. The highest BCUT2D eigenvalue weighted by molar-refractivity contribution is 5.79. The van der Waals surface area contributed by atoms with E-state index >= 15 is 0 Å². The fourth-order valence-electron chi connectivity index (χ4n) is 1.08. The van der Waals surface area contributed by atoms with Crippen molar-refractivity contribution in [3.05, 3.63) is 33.0 Å². The maximum Gasteiger partial charge on any atom is 0.374 e. The minimum absolute atomic E-state index is 0.0248. The van der Waals surface area contributed by atoms with Crippen LogP contribution in [-0.4, -0.2) is 16.2 Å². The predicted octanol–water partition coefficient (Wildman–Crippen LogP) is 1.61. The molecule has 0 aromatic carbocycles. The number of aldehydes is 1. The highest BCUT2D eigenvalue weighted by Gasteiger charge is 2.28. The summed E-state index contributed by atoms with van der Waals surface area (Å²) in [5, 5.41) is 18.9. The maximum atomic E-state index is 12.5. The number of pyridine rings is 1. The molecule has 0 bridgehead atoms. The van der Waals surface area contributed by atoms with Gasteiger partial charge in [-0.05, 0) is 9.91 Å². The minimum atomic E-state index is -3.21. The van der Waals surface area contributed by atoms with E-state index in [0.717, 1.165) is 6.07 Å². The molecule has 0 aliphatic heterocycles. The molecule has 0 radical (unpaired) electrons. The van der Waals surface area contributed by atoms with Crippen molar-refractivity contribution in [2.24, 2.45) is 0 Å². The zero-order valence-electron chi connectivity index (χ0n) is 7.55. The molecule has 0 saturated heterocycles. The zero-order valence-corrected chi connectivity index (χ0v) is 7.55. The van der Waals surface area contributed by atoms with Gasteiger partial charge in [0.15, 0.2) is 6.29 Å². The topological polar surface area (TPSA) is 96.9 Å². The molecule has 0 aliphatic rings. The zero-order chi connectivity index (χ0) is 12.3. The lowest BCUT2D eigenvalue weighted by atomic mass is 10.1. The summed E-state index contributed by atoms with van der Waals surface area (Å²) < 4.78 is 25.0. The van der Waals surface area contributed by atoms with Crippen molar-refractivity contribution in [3.8, 4) is 6.07 Å². The Bertz CT molecular complexity index is 496. The molecule has 1 aromatic heterocycles. The quantitative estimate of drug-likeness (QED) is 0.443. The summed E-state index contributed by atoms with van der Waals surface area (Å²) in [5.41, 5.74) is -2.13. The van der Waals surface area contributed by atoms with Gasteiger partial charge in [-0.1, -0.05) is 0 Å². The van der Waals surface area contributed by atoms with Gasteiger partial charge in [0.25, 0.3) is 12.1 Å². The first-order valence-electron chi connectivity index (χ1n) is 3.84. The Kier molecular flexibility index (Phi) is 3.20. The van der Waals surface area contributed by atoms with Gasteiger partial charge in [-0.3, -0.25) is 4.79 Å². The van der Waals surface area contributed by atoms with Crippen LogP contribution in [0.1, 0.15) is 28.0 Å². The highest BCUT2D eigenvalue weighted by Crippen LogP contribution is 2.30. The van der Waals surface area contributed by atoms with E-state index in [2.05, 4.69) is 4.98 Å². The Morgan fingerprint density at radius 3 is 2.62 bits per heavy atom. The van der Waals surface area contributed by atoms with Crippen molar-refractivity contribution in [3.63, 3.8) is 0 Å². The van der Waals surface area contributed by atoms with Gasteiger partial charge in [0.05, 0.1) is 0 Å². The smallest absolute Gasteiger partial charge is 0.358 e. The average Bonchev–Trinajstić information content (AvgIpc) is 2.26. The molecule has 6 nitrogen and oxygen atoms in total. The number of carbonyl (C=O) groups excluding carboxylic acids is 1. The van der Waals surface area contributed by atoms with Gasteiger partial charge in [0.1, 0.15) is 11.6 Å². The fraction of sp³-hybridized carbons (Fsp3) is 0.125. The van der Waals surface area contributed by atoms with Crippen LogP contribution in [0.15, 0.2) is 6.07 Å². The summed E-state index contributed by atoms with van der Waals surface area (Å²) in [6.45, 7) is 0. The first-order valence-corrected chi connectivity index (χ1v) is 3.84. The first-order chi connectivity index (χ1) is 7.51. The largest absolute Gasteiger partial charge is 0.374 e. The van der Waals surface area contributed by atoms with Crippen molar-refractivity contribution >= 4 is 12.1 Å². The Labute approximate surface area is 87.3 Å². The number of hydrogen-bond acceptors (Lipinski definition) is 5. The van der Waals surface area contributed by atoms with E-state index in [-0.39, 0.29) is 6.29 Å². The molecule has 0 unspecified atom stereocenters. The molecular formula is C8H3F2N3O3. The third kappa shape index (κ3) is 1.98. The third-order valence-electron chi connectivity index (χ3n) is 1.70. The van der Waals surface area contributed by atoms with Crippen LogP contribution in [0.4, 0.5) is 14.6 Å². The second-order valence-electron chi connectivity index (χ2n) is 2.62. The van der Waals surface area contributed by atoms with Crippen LogP contribution < -0.4 is 0 Å². The predicted molar refractivity (Wildman–Crippen MR) is 46.0 cm³/mol. The molecule has 8 heteroatoms. The van der Waals surface area contributed by atoms with Crippen molar-refractivity contribution in [2.75, 3.05) is 0 Å². The number of nitriles is 1. The molecule has 0 saturated carbocycles. The van der Waals surface area contributed by atoms with E-state index in [9.17, 15) is 23.7 Å². The number of hydrogen-bond donors (Lipinski definition) is 0. The molecule has 0 N–H and O–H groups in total. The normalized spacial score (nSPS) is 9.88. The van der Waals surface area contributed by atoms with Gasteiger partial charge in [-0.2, -0.15) is 5.26 Å². The summed E-state index contributed by atoms with van der Waals surface area (Å²) in [4.78, 5) is 22.9. The fourth-order valence-corrected chi connectivity index (χ4v) is 1.08. The van der Waals surface area contributed by atoms with E-state index in [1.807, 2.05) is 0 Å². The maximum absolute atomic E-state index is 12.5. The van der Waals surface area contributed by atoms with E-state index in [0.29, 0.717) is 0 Å². The number of nitro groups is 1. The third-order valence-corrected chi connectivity index (χ3v) is 1.70. The Balaban J connectivity index is 3.61. The second-order valence-corrected chi connectivity index (χ2v) is 2.62. The molecule has 82 valence electrons. The molecule has 0 fully saturated rings. The lowest BCUT2D eigenvalue weighted by Crippen LogP contribution is -2.05. The summed E-state index contributed by atoms with van der Waals surface area (Å²) >= 11 is 0. The van der Waals surface area contributed by atoms with Crippen molar-refractivity contribution in [2.45, 2.75) is 6.43 Å². The lowest BCUT2D eigenvalue weighted by Gasteiger charge is -2.03. The summed E-state index contributed by atoms with van der Waals surface area (Å²) in [6, 6.07) is 2.22. The molecule has 0 aliphatic carbocycles. The van der Waals surface area contributed by atoms with E-state index in [1.165, 1.54) is 6.07 Å². The molecule has 0 spiro atoms. The molecule has 1 aromatic rings. The Morgan fingerprint density at radius 2 is 2.25 bits per heavy atom. The number of carbonyl (C=O) groups is 1. The van der Waals surface area contributed by atoms with E-state index in [4.69, 9.17) is 5.26 Å². The highest BCUT2D eigenvalue weighted by atomic mass is 19.3. The van der Waals surface area contributed by atoms with Crippen LogP contribution in [0.25, 0.3) is 0 Å². The SMILES string of the molecule is N#Cc1cc(C=O)c(C(F)F)c([N+](=O)[O-])n1. The van der Waals surface area contributed by atoms with Crippen LogP contribution >= 0.6 is 0 Å². The number of halogens is 2. The number of aromatic nitrogens is 1. The van der Waals surface area contributed by atoms with Gasteiger partial charge in [0, 0.05) is 11.6 Å². The van der Waals surface area contributed by atoms with Crippen molar-refractivity contribution in [1.29, 1.82) is 5.26 Å². The van der Waals surface area contributed by atoms with Crippen molar-refractivity contribution < 1.29 is 18.5 Å². The van der Waals surface area contributed by atoms with E-state index in [1.54, 1.807) is 0 Å². The van der Waals surface area contributed by atoms with Crippen LogP contribution in [0, 0.1) is 21.4 Å². The second kappa shape index (κ2) is 4.39. The van der Waals surface area contributed by atoms with Gasteiger partial charge >= 0.3 is 5.82 Å². The molecular weight excluding hydrogens is 224 g/mol. The Morgan fingerprint density at radius 1 is 1.62 bits per heavy atom. The molecule has 1 heterocycles. The lowest BCUT2D eigenvalue weighted by molar-refractivity contribution is -0.391. The number of alkyl halides is 2. The number of rotatable bonds is 3. The standard InChI is InChI=1S/C8H3F2N3O3/c9-7(10)6-4(3-14)1-5(2-11)12-8(6)13(15)16/h1,3,7H. The first kappa shape index (κ1) is 11.6. The van der Waals surface area contributed by atoms with Crippen LogP contribution in [0.2, 0.25) is 0 Å². The monoisotopic (exact) mass is 227 g/mol. The van der Waals surface area contributed by atoms with E-state index < -0.39 is 34.0 Å². The molecule has 1 rings (SSSR count).